The number of hydrogen-bond donors (Lipinski definition) is 1. The van der Waals surface area contributed by atoms with Crippen LogP contribution in [0.15, 0.2) is 10.9 Å². The van der Waals surface area contributed by atoms with E-state index in [0.29, 0.717) is 18.7 Å². The van der Waals surface area contributed by atoms with Gasteiger partial charge in [-0.2, -0.15) is 0 Å². The maximum Gasteiger partial charge on any atom is 0.263 e. The molecule has 0 saturated carbocycles. The van der Waals surface area contributed by atoms with Crippen LogP contribution in [0.3, 0.4) is 0 Å². The van der Waals surface area contributed by atoms with Gasteiger partial charge in [0.1, 0.15) is 5.56 Å². The Balaban J connectivity index is 2.25. The van der Waals surface area contributed by atoms with Crippen molar-refractivity contribution in [3.8, 4) is 0 Å². The van der Waals surface area contributed by atoms with Crippen LogP contribution < -0.4 is 10.9 Å². The van der Waals surface area contributed by atoms with E-state index in [9.17, 15) is 9.59 Å². The van der Waals surface area contributed by atoms with Gasteiger partial charge in [-0.1, -0.05) is 18.3 Å². The predicted molar refractivity (Wildman–Crippen MR) is 91.0 cm³/mol. The maximum absolute atomic E-state index is 12.5. The molecular weight excluding hydrogens is 312 g/mol. The summed E-state index contributed by atoms with van der Waals surface area (Å²) < 4.78 is 5.55. The van der Waals surface area contributed by atoms with Gasteiger partial charge in [0, 0.05) is 12.2 Å². The molecule has 0 aliphatic carbocycles. The first-order valence-electron chi connectivity index (χ1n) is 7.67. The van der Waals surface area contributed by atoms with Gasteiger partial charge in [-0.15, -0.1) is 5.10 Å². The molecule has 0 radical (unpaired) electrons. The Labute approximate surface area is 139 Å². The molecule has 2 aromatic heterocycles. The lowest BCUT2D eigenvalue weighted by Crippen LogP contribution is -2.34. The van der Waals surface area contributed by atoms with E-state index in [0.717, 1.165) is 16.3 Å². The zero-order chi connectivity index (χ0) is 17.1. The van der Waals surface area contributed by atoms with Gasteiger partial charge in [0.25, 0.3) is 11.5 Å². The van der Waals surface area contributed by atoms with Crippen LogP contribution in [0.5, 0.6) is 0 Å². The standard InChI is InChI=1S/C16H22N4O2S/c1-6-20-11(5)7-10(4)13(16(20)22)15(21)17-8-12-14(9(2)3)18-19-23-12/h7,9H,6,8H2,1-5H3,(H,17,21). The van der Waals surface area contributed by atoms with Crippen molar-refractivity contribution in [3.05, 3.63) is 43.8 Å². The summed E-state index contributed by atoms with van der Waals surface area (Å²) in [6.07, 6.45) is 0. The fourth-order valence-corrected chi connectivity index (χ4v) is 3.36. The van der Waals surface area contributed by atoms with Crippen molar-refractivity contribution in [1.29, 1.82) is 0 Å². The summed E-state index contributed by atoms with van der Waals surface area (Å²) in [7, 11) is 0. The quantitative estimate of drug-likeness (QED) is 0.911. The number of amides is 1. The molecule has 0 spiro atoms. The Bertz CT molecular complexity index is 777. The molecule has 6 nitrogen and oxygen atoms in total. The number of carbonyl (C=O) groups excluding carboxylic acids is 1. The number of nitrogens with one attached hydrogen (secondary N) is 1. The van der Waals surface area contributed by atoms with Crippen LogP contribution in [-0.2, 0) is 13.1 Å². The minimum atomic E-state index is -0.349. The Kier molecular flexibility index (Phi) is 5.30. The van der Waals surface area contributed by atoms with E-state index in [1.54, 1.807) is 11.5 Å². The molecule has 23 heavy (non-hydrogen) atoms. The Morgan fingerprint density at radius 2 is 2.09 bits per heavy atom. The third-order valence-electron chi connectivity index (χ3n) is 3.79. The molecule has 0 aliphatic rings. The second-order valence-corrected chi connectivity index (χ2v) is 6.65. The molecular formula is C16H22N4O2S. The molecule has 124 valence electrons. The number of hydrogen-bond acceptors (Lipinski definition) is 5. The Hall–Kier alpha value is -2.02. The fraction of sp³-hybridized carbons (Fsp3) is 0.500. The van der Waals surface area contributed by atoms with Crippen molar-refractivity contribution in [2.75, 3.05) is 0 Å². The second kappa shape index (κ2) is 7.04. The van der Waals surface area contributed by atoms with Crippen molar-refractivity contribution >= 4 is 17.4 Å². The molecule has 1 N–H and O–H groups in total. The Morgan fingerprint density at radius 1 is 1.39 bits per heavy atom. The van der Waals surface area contributed by atoms with Crippen LogP contribution >= 0.6 is 11.5 Å². The second-order valence-electron chi connectivity index (χ2n) is 5.81. The van der Waals surface area contributed by atoms with E-state index >= 15 is 0 Å². The van der Waals surface area contributed by atoms with Gasteiger partial charge >= 0.3 is 0 Å². The molecule has 0 aromatic carbocycles. The summed E-state index contributed by atoms with van der Waals surface area (Å²) in [5, 5.41) is 6.92. The monoisotopic (exact) mass is 334 g/mol. The van der Waals surface area contributed by atoms with Crippen LogP contribution in [-0.4, -0.2) is 20.1 Å². The molecule has 0 bridgehead atoms. The van der Waals surface area contributed by atoms with Crippen molar-refractivity contribution in [2.24, 2.45) is 0 Å². The van der Waals surface area contributed by atoms with Gasteiger partial charge in [0.15, 0.2) is 0 Å². The van der Waals surface area contributed by atoms with Gasteiger partial charge in [0.05, 0.1) is 17.1 Å². The Morgan fingerprint density at radius 3 is 2.70 bits per heavy atom. The lowest BCUT2D eigenvalue weighted by Gasteiger charge is -2.13. The fourth-order valence-electron chi connectivity index (χ4n) is 2.62. The van der Waals surface area contributed by atoms with Gasteiger partial charge in [0.2, 0.25) is 0 Å². The summed E-state index contributed by atoms with van der Waals surface area (Å²) >= 11 is 1.27. The van der Waals surface area contributed by atoms with Crippen molar-refractivity contribution in [3.63, 3.8) is 0 Å². The van der Waals surface area contributed by atoms with Crippen LogP contribution in [0.4, 0.5) is 0 Å². The van der Waals surface area contributed by atoms with E-state index in [2.05, 4.69) is 14.9 Å². The minimum Gasteiger partial charge on any atom is -0.347 e. The summed E-state index contributed by atoms with van der Waals surface area (Å²) in [5.74, 6) is -0.100. The zero-order valence-electron chi connectivity index (χ0n) is 14.1. The highest BCUT2D eigenvalue weighted by molar-refractivity contribution is 7.05. The summed E-state index contributed by atoms with van der Waals surface area (Å²) in [6.45, 7) is 10.5. The first-order chi connectivity index (χ1) is 10.9. The normalized spacial score (nSPS) is 11.0. The molecule has 2 heterocycles. The van der Waals surface area contributed by atoms with E-state index in [1.165, 1.54) is 11.5 Å². The minimum absolute atomic E-state index is 0.209. The lowest BCUT2D eigenvalue weighted by atomic mass is 10.1. The molecule has 1 amide bonds. The highest BCUT2D eigenvalue weighted by Gasteiger charge is 2.18. The van der Waals surface area contributed by atoms with Crippen LogP contribution in [0.2, 0.25) is 0 Å². The van der Waals surface area contributed by atoms with Crippen LogP contribution in [0, 0.1) is 13.8 Å². The topological polar surface area (TPSA) is 76.9 Å². The first-order valence-corrected chi connectivity index (χ1v) is 8.44. The average molecular weight is 334 g/mol. The smallest absolute Gasteiger partial charge is 0.263 e. The number of aryl methyl sites for hydroxylation is 2. The third kappa shape index (κ3) is 3.50. The predicted octanol–water partition coefficient (Wildman–Crippen LogP) is 2.39. The van der Waals surface area contributed by atoms with Gasteiger partial charge in [-0.25, -0.2) is 0 Å². The summed E-state index contributed by atoms with van der Waals surface area (Å²) in [5.41, 5.74) is 2.42. The van der Waals surface area contributed by atoms with E-state index in [-0.39, 0.29) is 22.9 Å². The zero-order valence-corrected chi connectivity index (χ0v) is 15.0. The number of nitrogens with zero attached hydrogens (tertiary/aromatic N) is 3. The van der Waals surface area contributed by atoms with Crippen molar-refractivity contribution < 1.29 is 4.79 Å². The molecule has 2 aromatic rings. The molecule has 7 heteroatoms. The SMILES string of the molecule is CCn1c(C)cc(C)c(C(=O)NCc2snnc2C(C)C)c1=O. The molecule has 0 atom stereocenters. The number of aromatic nitrogens is 3. The van der Waals surface area contributed by atoms with E-state index < -0.39 is 0 Å². The first kappa shape index (κ1) is 17.3. The maximum atomic E-state index is 12.5. The molecule has 0 saturated heterocycles. The van der Waals surface area contributed by atoms with Crippen molar-refractivity contribution in [1.82, 2.24) is 19.5 Å². The summed E-state index contributed by atoms with van der Waals surface area (Å²) in [4.78, 5) is 25.9. The van der Waals surface area contributed by atoms with E-state index in [4.69, 9.17) is 0 Å². The molecule has 0 unspecified atom stereocenters. The van der Waals surface area contributed by atoms with E-state index in [1.807, 2.05) is 33.8 Å². The summed E-state index contributed by atoms with van der Waals surface area (Å²) in [6, 6.07) is 1.87. The van der Waals surface area contributed by atoms with Crippen LogP contribution in [0.25, 0.3) is 0 Å². The average Bonchev–Trinajstić information content (AvgIpc) is 2.93. The van der Waals surface area contributed by atoms with Gasteiger partial charge in [-0.05, 0) is 49.9 Å². The molecule has 0 fully saturated rings. The third-order valence-corrected chi connectivity index (χ3v) is 4.53. The lowest BCUT2D eigenvalue weighted by molar-refractivity contribution is 0.0948. The number of pyridine rings is 1. The molecule has 0 aliphatic heterocycles. The highest BCUT2D eigenvalue weighted by Crippen LogP contribution is 2.19. The molecule has 2 rings (SSSR count). The van der Waals surface area contributed by atoms with Crippen molar-refractivity contribution in [2.45, 2.75) is 53.6 Å². The highest BCUT2D eigenvalue weighted by atomic mass is 32.1. The largest absolute Gasteiger partial charge is 0.347 e. The van der Waals surface area contributed by atoms with Gasteiger partial charge in [-0.3, -0.25) is 9.59 Å². The number of rotatable bonds is 5. The van der Waals surface area contributed by atoms with Gasteiger partial charge < -0.3 is 9.88 Å². The number of carbonyl (C=O) groups is 1. The van der Waals surface area contributed by atoms with Crippen LogP contribution in [0.1, 0.15) is 58.9 Å².